The van der Waals surface area contributed by atoms with Crippen LogP contribution < -0.4 is 5.32 Å². The van der Waals surface area contributed by atoms with Crippen molar-refractivity contribution >= 4 is 11.6 Å². The average molecular weight is 309 g/mol. The van der Waals surface area contributed by atoms with E-state index in [2.05, 4.69) is 5.32 Å². The molecular formula is C20H23NO2. The predicted molar refractivity (Wildman–Crippen MR) is 92.9 cm³/mol. The Kier molecular flexibility index (Phi) is 7.21. The van der Waals surface area contributed by atoms with Gasteiger partial charge < -0.3 is 5.32 Å². The molecule has 0 spiro atoms. The maximum Gasteiger partial charge on any atom is 0.176 e. The molecule has 3 nitrogen and oxygen atoms in total. The average Bonchev–Trinajstić information content (AvgIpc) is 2.62. The van der Waals surface area contributed by atoms with Crippen LogP contribution >= 0.6 is 0 Å². The number of hydrogen-bond donors (Lipinski definition) is 1. The van der Waals surface area contributed by atoms with Crippen molar-refractivity contribution in [3.8, 4) is 0 Å². The van der Waals surface area contributed by atoms with Crippen LogP contribution in [0.1, 0.15) is 46.4 Å². The van der Waals surface area contributed by atoms with Gasteiger partial charge in [-0.05, 0) is 19.4 Å². The van der Waals surface area contributed by atoms with Crippen LogP contribution in [0.4, 0.5) is 0 Å². The summed E-state index contributed by atoms with van der Waals surface area (Å²) in [4.78, 5) is 23.8. The molecule has 0 unspecified atom stereocenters. The van der Waals surface area contributed by atoms with Crippen molar-refractivity contribution in [1.29, 1.82) is 0 Å². The lowest BCUT2D eigenvalue weighted by molar-refractivity contribution is 0.0977. The number of nitrogens with one attached hydrogen (secondary N) is 1. The van der Waals surface area contributed by atoms with Gasteiger partial charge in [0.1, 0.15) is 0 Å². The molecule has 2 aromatic rings. The third kappa shape index (κ3) is 6.17. The number of ketones is 2. The smallest absolute Gasteiger partial charge is 0.176 e. The van der Waals surface area contributed by atoms with E-state index in [1.807, 2.05) is 60.7 Å². The lowest BCUT2D eigenvalue weighted by Crippen LogP contribution is -2.24. The second kappa shape index (κ2) is 9.70. The van der Waals surface area contributed by atoms with E-state index in [0.29, 0.717) is 13.0 Å². The fourth-order valence-electron chi connectivity index (χ4n) is 2.41. The second-order valence-corrected chi connectivity index (χ2v) is 5.57. The summed E-state index contributed by atoms with van der Waals surface area (Å²) in [5.41, 5.74) is 1.53. The Balaban J connectivity index is 1.53. The van der Waals surface area contributed by atoms with E-state index in [9.17, 15) is 9.59 Å². The van der Waals surface area contributed by atoms with Crippen LogP contribution in [-0.2, 0) is 0 Å². The molecule has 0 heterocycles. The fourth-order valence-corrected chi connectivity index (χ4v) is 2.41. The summed E-state index contributed by atoms with van der Waals surface area (Å²) in [6.45, 7) is 1.17. The SMILES string of the molecule is O=C(CCCCCNCC(=O)c1ccccc1)c1ccccc1. The van der Waals surface area contributed by atoms with E-state index in [0.717, 1.165) is 36.9 Å². The first-order chi connectivity index (χ1) is 11.3. The molecule has 1 N–H and O–H groups in total. The maximum atomic E-state index is 11.9. The summed E-state index contributed by atoms with van der Waals surface area (Å²) in [6, 6.07) is 18.7. The number of unbranched alkanes of at least 4 members (excludes halogenated alkanes) is 2. The van der Waals surface area contributed by atoms with Crippen molar-refractivity contribution < 1.29 is 9.59 Å². The number of hydrogen-bond acceptors (Lipinski definition) is 3. The van der Waals surface area contributed by atoms with Gasteiger partial charge >= 0.3 is 0 Å². The van der Waals surface area contributed by atoms with E-state index in [4.69, 9.17) is 0 Å². The Bertz CT molecular complexity index is 553. The summed E-state index contributed by atoms with van der Waals surface area (Å²) in [5.74, 6) is 0.322. The summed E-state index contributed by atoms with van der Waals surface area (Å²) < 4.78 is 0. The Hall–Kier alpha value is -2.26. The molecule has 0 amide bonds. The number of benzene rings is 2. The first kappa shape index (κ1) is 17.1. The Morgan fingerprint density at radius 3 is 1.87 bits per heavy atom. The van der Waals surface area contributed by atoms with Gasteiger partial charge in [-0.2, -0.15) is 0 Å². The molecule has 0 bridgehead atoms. The van der Waals surface area contributed by atoms with E-state index < -0.39 is 0 Å². The van der Waals surface area contributed by atoms with Gasteiger partial charge in [0.05, 0.1) is 6.54 Å². The zero-order valence-electron chi connectivity index (χ0n) is 13.3. The van der Waals surface area contributed by atoms with Gasteiger partial charge in [-0.1, -0.05) is 67.1 Å². The minimum atomic E-state index is 0.116. The quantitative estimate of drug-likeness (QED) is 0.535. The van der Waals surface area contributed by atoms with Crippen LogP contribution in [0.3, 0.4) is 0 Å². The highest BCUT2D eigenvalue weighted by molar-refractivity contribution is 5.97. The molecule has 2 rings (SSSR count). The standard InChI is InChI=1S/C20H23NO2/c22-19(17-10-4-1-5-11-17)14-8-3-9-15-21-16-20(23)18-12-6-2-7-13-18/h1-2,4-7,10-13,21H,3,8-9,14-16H2. The maximum absolute atomic E-state index is 11.9. The molecule has 0 atom stereocenters. The number of carbonyl (C=O) groups is 2. The minimum Gasteiger partial charge on any atom is -0.310 e. The molecule has 0 aliphatic heterocycles. The second-order valence-electron chi connectivity index (χ2n) is 5.57. The molecule has 0 aliphatic carbocycles. The molecule has 0 radical (unpaired) electrons. The zero-order valence-corrected chi connectivity index (χ0v) is 13.3. The molecule has 0 aromatic heterocycles. The Morgan fingerprint density at radius 2 is 1.26 bits per heavy atom. The summed E-state index contributed by atoms with van der Waals surface area (Å²) in [5, 5.41) is 3.17. The topological polar surface area (TPSA) is 46.2 Å². The number of rotatable bonds is 10. The zero-order chi connectivity index (χ0) is 16.3. The van der Waals surface area contributed by atoms with Gasteiger partial charge in [-0.15, -0.1) is 0 Å². The molecule has 0 saturated carbocycles. The lowest BCUT2D eigenvalue weighted by Gasteiger charge is -2.05. The third-order valence-corrected chi connectivity index (χ3v) is 3.73. The van der Waals surface area contributed by atoms with Gasteiger partial charge in [0.2, 0.25) is 0 Å². The van der Waals surface area contributed by atoms with Crippen LogP contribution in [0.25, 0.3) is 0 Å². The van der Waals surface area contributed by atoms with Crippen molar-refractivity contribution in [2.45, 2.75) is 25.7 Å². The van der Waals surface area contributed by atoms with E-state index >= 15 is 0 Å². The lowest BCUT2D eigenvalue weighted by atomic mass is 10.0. The molecule has 0 aliphatic rings. The van der Waals surface area contributed by atoms with E-state index in [1.54, 1.807) is 0 Å². The summed E-state index contributed by atoms with van der Waals surface area (Å²) >= 11 is 0. The van der Waals surface area contributed by atoms with E-state index in [1.165, 1.54) is 0 Å². The van der Waals surface area contributed by atoms with Gasteiger partial charge in [0.25, 0.3) is 0 Å². The summed E-state index contributed by atoms with van der Waals surface area (Å²) in [6.07, 6.45) is 3.45. The van der Waals surface area contributed by atoms with Crippen molar-refractivity contribution in [1.82, 2.24) is 5.32 Å². The summed E-state index contributed by atoms with van der Waals surface area (Å²) in [7, 11) is 0. The highest BCUT2D eigenvalue weighted by Crippen LogP contribution is 2.07. The first-order valence-electron chi connectivity index (χ1n) is 8.14. The highest BCUT2D eigenvalue weighted by Gasteiger charge is 2.05. The molecule has 120 valence electrons. The van der Waals surface area contributed by atoms with Crippen LogP contribution in [-0.4, -0.2) is 24.7 Å². The predicted octanol–water partition coefficient (Wildman–Crippen LogP) is 3.90. The first-order valence-corrected chi connectivity index (χ1v) is 8.14. The van der Waals surface area contributed by atoms with Gasteiger partial charge in [0.15, 0.2) is 11.6 Å². The van der Waals surface area contributed by atoms with Crippen LogP contribution in [0.15, 0.2) is 60.7 Å². The molecular weight excluding hydrogens is 286 g/mol. The van der Waals surface area contributed by atoms with Crippen molar-refractivity contribution in [2.24, 2.45) is 0 Å². The van der Waals surface area contributed by atoms with Gasteiger partial charge in [-0.3, -0.25) is 9.59 Å². The van der Waals surface area contributed by atoms with Crippen molar-refractivity contribution in [3.05, 3.63) is 71.8 Å². The highest BCUT2D eigenvalue weighted by atomic mass is 16.1. The Morgan fingerprint density at radius 1 is 0.696 bits per heavy atom. The Labute approximate surface area is 137 Å². The van der Waals surface area contributed by atoms with Gasteiger partial charge in [-0.25, -0.2) is 0 Å². The van der Waals surface area contributed by atoms with Crippen LogP contribution in [0.2, 0.25) is 0 Å². The molecule has 3 heteroatoms. The van der Waals surface area contributed by atoms with Gasteiger partial charge in [0, 0.05) is 17.5 Å². The number of Topliss-reactive ketones (excluding diaryl/α,β-unsaturated/α-hetero) is 2. The van der Waals surface area contributed by atoms with Crippen molar-refractivity contribution in [3.63, 3.8) is 0 Å². The largest absolute Gasteiger partial charge is 0.310 e. The minimum absolute atomic E-state index is 0.116. The molecule has 0 saturated heterocycles. The van der Waals surface area contributed by atoms with Crippen molar-refractivity contribution in [2.75, 3.05) is 13.1 Å². The third-order valence-electron chi connectivity index (χ3n) is 3.73. The van der Waals surface area contributed by atoms with Crippen LogP contribution in [0.5, 0.6) is 0 Å². The normalized spacial score (nSPS) is 10.4. The molecule has 0 fully saturated rings. The van der Waals surface area contributed by atoms with E-state index in [-0.39, 0.29) is 11.6 Å². The molecule has 23 heavy (non-hydrogen) atoms. The fraction of sp³-hybridized carbons (Fsp3) is 0.300. The number of carbonyl (C=O) groups excluding carboxylic acids is 2. The monoisotopic (exact) mass is 309 g/mol. The molecule has 2 aromatic carbocycles. The van der Waals surface area contributed by atoms with Crippen LogP contribution in [0, 0.1) is 0 Å².